The smallest absolute Gasteiger partial charge is 0.243 e. The molecule has 3 rings (SSSR count). The minimum absolute atomic E-state index is 0.00740. The lowest BCUT2D eigenvalue weighted by atomic mass is 10.2. The Labute approximate surface area is 167 Å². The normalized spacial score (nSPS) is 13.3. The van der Waals surface area contributed by atoms with E-state index in [9.17, 15) is 25.6 Å². The lowest BCUT2D eigenvalue weighted by Crippen LogP contribution is -2.32. The van der Waals surface area contributed by atoms with Crippen LogP contribution in [0.5, 0.6) is 0 Å². The summed E-state index contributed by atoms with van der Waals surface area (Å²) in [5.41, 5.74) is 0.848. The van der Waals surface area contributed by atoms with Crippen LogP contribution in [-0.2, 0) is 19.9 Å². The topological polar surface area (TPSA) is 93.5 Å². The summed E-state index contributed by atoms with van der Waals surface area (Å²) in [4.78, 5) is -0.941. The standard InChI is InChI=1S/C19H17F2NO5S2/c1-13-4-7-15(8-5-13)28(23,24)19(17-3-2-10-27-17)12-22-29(25,26)18-11-14(20)6-9-16(18)21/h2-11,19,22H,12H2,1H3/t19-/m1/s1. The van der Waals surface area contributed by atoms with Gasteiger partial charge in [-0.15, -0.1) is 0 Å². The zero-order chi connectivity index (χ0) is 21.2. The van der Waals surface area contributed by atoms with Gasteiger partial charge >= 0.3 is 0 Å². The molecule has 3 aromatic rings. The number of rotatable bonds is 7. The number of furan rings is 1. The number of sulfonamides is 1. The number of aryl methyl sites for hydroxylation is 1. The molecular weight excluding hydrogens is 424 g/mol. The minimum atomic E-state index is -4.52. The molecular formula is C19H17F2NO5S2. The van der Waals surface area contributed by atoms with Crippen LogP contribution in [0.25, 0.3) is 0 Å². The summed E-state index contributed by atoms with van der Waals surface area (Å²) < 4.78 is 85.6. The highest BCUT2D eigenvalue weighted by Crippen LogP contribution is 2.29. The van der Waals surface area contributed by atoms with Crippen molar-refractivity contribution in [2.24, 2.45) is 0 Å². The zero-order valence-corrected chi connectivity index (χ0v) is 16.8. The van der Waals surface area contributed by atoms with Gasteiger partial charge in [-0.25, -0.2) is 30.3 Å². The number of hydrogen-bond acceptors (Lipinski definition) is 5. The number of nitrogens with one attached hydrogen (secondary N) is 1. The third-order valence-corrected chi connectivity index (χ3v) is 7.74. The van der Waals surface area contributed by atoms with Gasteiger partial charge in [0.15, 0.2) is 9.84 Å². The molecule has 0 saturated heterocycles. The summed E-state index contributed by atoms with van der Waals surface area (Å²) in [6, 6.07) is 10.9. The van der Waals surface area contributed by atoms with Crippen molar-refractivity contribution in [2.75, 3.05) is 6.54 Å². The van der Waals surface area contributed by atoms with Crippen LogP contribution in [0, 0.1) is 18.6 Å². The summed E-state index contributed by atoms with van der Waals surface area (Å²) in [6.45, 7) is 1.16. The molecule has 1 atom stereocenters. The molecule has 29 heavy (non-hydrogen) atoms. The lowest BCUT2D eigenvalue weighted by Gasteiger charge is -2.17. The second-order valence-corrected chi connectivity index (χ2v) is 10.2. The number of benzene rings is 2. The van der Waals surface area contributed by atoms with Crippen LogP contribution in [0.2, 0.25) is 0 Å². The molecule has 1 N–H and O–H groups in total. The van der Waals surface area contributed by atoms with Gasteiger partial charge in [-0.3, -0.25) is 0 Å². The summed E-state index contributed by atoms with van der Waals surface area (Å²) in [5, 5.41) is -1.41. The average Bonchev–Trinajstić information content (AvgIpc) is 3.18. The van der Waals surface area contributed by atoms with E-state index in [-0.39, 0.29) is 10.7 Å². The first-order chi connectivity index (χ1) is 13.6. The molecule has 6 nitrogen and oxygen atoms in total. The molecule has 2 aromatic carbocycles. The van der Waals surface area contributed by atoms with Crippen molar-refractivity contribution < 1.29 is 30.0 Å². The van der Waals surface area contributed by atoms with E-state index in [1.807, 2.05) is 4.72 Å². The molecule has 0 bridgehead atoms. The largest absolute Gasteiger partial charge is 0.468 e. The average molecular weight is 441 g/mol. The molecule has 10 heteroatoms. The van der Waals surface area contributed by atoms with Crippen molar-refractivity contribution in [1.29, 1.82) is 0 Å². The van der Waals surface area contributed by atoms with Crippen molar-refractivity contribution in [3.05, 3.63) is 83.8 Å². The van der Waals surface area contributed by atoms with Crippen LogP contribution in [0.4, 0.5) is 8.78 Å². The van der Waals surface area contributed by atoms with Crippen LogP contribution in [-0.4, -0.2) is 23.4 Å². The maximum atomic E-state index is 13.9. The lowest BCUT2D eigenvalue weighted by molar-refractivity contribution is 0.486. The summed E-state index contributed by atoms with van der Waals surface area (Å²) >= 11 is 0. The highest BCUT2D eigenvalue weighted by Gasteiger charge is 2.33. The van der Waals surface area contributed by atoms with Gasteiger partial charge < -0.3 is 4.42 Å². The van der Waals surface area contributed by atoms with Crippen molar-refractivity contribution in [1.82, 2.24) is 4.72 Å². The summed E-state index contributed by atoms with van der Waals surface area (Å²) in [6.07, 6.45) is 1.26. The second-order valence-electron chi connectivity index (χ2n) is 6.29. The van der Waals surface area contributed by atoms with E-state index in [2.05, 4.69) is 0 Å². The molecule has 0 unspecified atom stereocenters. The van der Waals surface area contributed by atoms with Gasteiger partial charge in [-0.05, 0) is 49.4 Å². The molecule has 1 heterocycles. The van der Waals surface area contributed by atoms with E-state index >= 15 is 0 Å². The molecule has 0 spiro atoms. The fraction of sp³-hybridized carbons (Fsp3) is 0.158. The number of halogens is 2. The number of sulfone groups is 1. The molecule has 0 saturated carbocycles. The van der Waals surface area contributed by atoms with Crippen molar-refractivity contribution in [3.8, 4) is 0 Å². The summed E-state index contributed by atoms with van der Waals surface area (Å²) in [5.74, 6) is -2.09. The third-order valence-electron chi connectivity index (χ3n) is 4.23. The van der Waals surface area contributed by atoms with Crippen LogP contribution >= 0.6 is 0 Å². The molecule has 0 aliphatic rings. The quantitative estimate of drug-likeness (QED) is 0.607. The van der Waals surface area contributed by atoms with E-state index in [0.29, 0.717) is 12.1 Å². The van der Waals surface area contributed by atoms with Gasteiger partial charge in [0.25, 0.3) is 0 Å². The fourth-order valence-corrected chi connectivity index (χ4v) is 5.50. The first-order valence-electron chi connectivity index (χ1n) is 8.40. The van der Waals surface area contributed by atoms with Crippen molar-refractivity contribution in [2.45, 2.75) is 22.0 Å². The molecule has 0 aliphatic carbocycles. The fourth-order valence-electron chi connectivity index (χ4n) is 2.68. The molecule has 0 aliphatic heterocycles. The van der Waals surface area contributed by atoms with Crippen LogP contribution < -0.4 is 4.72 Å². The van der Waals surface area contributed by atoms with Gasteiger partial charge in [-0.2, -0.15) is 0 Å². The third kappa shape index (κ3) is 4.55. The predicted molar refractivity (Wildman–Crippen MR) is 101 cm³/mol. The maximum Gasteiger partial charge on any atom is 0.243 e. The van der Waals surface area contributed by atoms with E-state index in [1.54, 1.807) is 19.1 Å². The molecule has 1 aromatic heterocycles. The monoisotopic (exact) mass is 441 g/mol. The minimum Gasteiger partial charge on any atom is -0.468 e. The Balaban J connectivity index is 1.95. The summed E-state index contributed by atoms with van der Waals surface area (Å²) in [7, 11) is -8.57. The highest BCUT2D eigenvalue weighted by molar-refractivity contribution is 7.92. The van der Waals surface area contributed by atoms with E-state index < -0.39 is 48.2 Å². The van der Waals surface area contributed by atoms with Gasteiger partial charge in [-0.1, -0.05) is 17.7 Å². The SMILES string of the molecule is Cc1ccc(S(=O)(=O)[C@H](CNS(=O)(=O)c2cc(F)ccc2F)c2ccco2)cc1. The second kappa shape index (κ2) is 8.05. The van der Waals surface area contributed by atoms with Crippen molar-refractivity contribution >= 4 is 19.9 Å². The maximum absolute atomic E-state index is 13.9. The van der Waals surface area contributed by atoms with Crippen molar-refractivity contribution in [3.63, 3.8) is 0 Å². The Morgan fingerprint density at radius 1 is 1.00 bits per heavy atom. The van der Waals surface area contributed by atoms with Gasteiger partial charge in [0.1, 0.15) is 27.5 Å². The van der Waals surface area contributed by atoms with E-state index in [0.717, 1.165) is 11.6 Å². The van der Waals surface area contributed by atoms with Crippen LogP contribution in [0.15, 0.2) is 75.1 Å². The highest BCUT2D eigenvalue weighted by atomic mass is 32.2. The van der Waals surface area contributed by atoms with Gasteiger partial charge in [0.05, 0.1) is 11.2 Å². The Hall–Kier alpha value is -2.56. The van der Waals surface area contributed by atoms with E-state index in [1.165, 1.54) is 30.5 Å². The molecule has 0 radical (unpaired) electrons. The predicted octanol–water partition coefficient (Wildman–Crippen LogP) is 3.36. The first kappa shape index (κ1) is 21.2. The zero-order valence-electron chi connectivity index (χ0n) is 15.2. The van der Waals surface area contributed by atoms with Crippen LogP contribution in [0.1, 0.15) is 16.6 Å². The van der Waals surface area contributed by atoms with E-state index in [4.69, 9.17) is 4.42 Å². The molecule has 0 fully saturated rings. The molecule has 154 valence electrons. The Bertz CT molecular complexity index is 1210. The Kier molecular flexibility index (Phi) is 5.87. The molecule has 0 amide bonds. The Morgan fingerprint density at radius 2 is 1.69 bits per heavy atom. The van der Waals surface area contributed by atoms with Gasteiger partial charge in [0.2, 0.25) is 10.0 Å². The first-order valence-corrected chi connectivity index (χ1v) is 11.4. The van der Waals surface area contributed by atoms with Gasteiger partial charge in [0, 0.05) is 6.54 Å². The van der Waals surface area contributed by atoms with Crippen LogP contribution in [0.3, 0.4) is 0 Å². The Morgan fingerprint density at radius 3 is 2.31 bits per heavy atom. The number of hydrogen-bond donors (Lipinski definition) is 1.